The number of aliphatic hydroxyl groups excluding tert-OH is 2. The lowest BCUT2D eigenvalue weighted by atomic mass is 10.0. The van der Waals surface area contributed by atoms with E-state index in [4.69, 9.17) is 19.7 Å². The smallest absolute Gasteiger partial charge is 0.194 e. The van der Waals surface area contributed by atoms with Gasteiger partial charge in [0.15, 0.2) is 5.79 Å². The minimum atomic E-state index is -0.786. The number of aliphatic hydroxyl groups is 2. The van der Waals surface area contributed by atoms with Crippen LogP contribution in [0.25, 0.3) is 0 Å². The molecule has 19 heavy (non-hydrogen) atoms. The molecular formula is C15H24O4. The van der Waals surface area contributed by atoms with Gasteiger partial charge in [0.1, 0.15) is 0 Å². The van der Waals surface area contributed by atoms with Crippen LogP contribution in [-0.4, -0.2) is 36.6 Å². The predicted octanol–water partition coefficient (Wildman–Crippen LogP) is 2.05. The molecule has 1 aromatic carbocycles. The first-order chi connectivity index (χ1) is 9.29. The number of rotatable bonds is 10. The van der Waals surface area contributed by atoms with Gasteiger partial charge in [0.25, 0.3) is 0 Å². The van der Waals surface area contributed by atoms with Gasteiger partial charge in [-0.2, -0.15) is 0 Å². The van der Waals surface area contributed by atoms with Crippen molar-refractivity contribution in [3.63, 3.8) is 0 Å². The van der Waals surface area contributed by atoms with E-state index in [1.165, 1.54) is 0 Å². The summed E-state index contributed by atoms with van der Waals surface area (Å²) in [4.78, 5) is 0. The molecule has 0 amide bonds. The first-order valence-corrected chi connectivity index (χ1v) is 6.84. The third-order valence-electron chi connectivity index (χ3n) is 2.95. The fourth-order valence-corrected chi connectivity index (χ4v) is 1.91. The minimum Gasteiger partial charge on any atom is -0.396 e. The maximum Gasteiger partial charge on any atom is 0.194 e. The Hall–Kier alpha value is -0.940. The molecule has 4 nitrogen and oxygen atoms in total. The van der Waals surface area contributed by atoms with E-state index < -0.39 is 5.79 Å². The fraction of sp³-hybridized carbons (Fsp3) is 0.600. The summed E-state index contributed by atoms with van der Waals surface area (Å²) in [5, 5.41) is 17.7. The summed E-state index contributed by atoms with van der Waals surface area (Å²) in [7, 11) is 0. The van der Waals surface area contributed by atoms with Gasteiger partial charge in [-0.25, -0.2) is 0 Å². The Kier molecular flexibility index (Phi) is 7.67. The zero-order chi connectivity index (χ0) is 14.0. The van der Waals surface area contributed by atoms with E-state index in [2.05, 4.69) is 0 Å². The lowest BCUT2D eigenvalue weighted by Crippen LogP contribution is -2.33. The molecule has 0 bridgehead atoms. The van der Waals surface area contributed by atoms with Crippen molar-refractivity contribution >= 4 is 0 Å². The lowest BCUT2D eigenvalue weighted by Gasteiger charge is -2.33. The molecule has 0 saturated carbocycles. The molecule has 0 atom stereocenters. The van der Waals surface area contributed by atoms with E-state index in [0.717, 1.165) is 5.56 Å². The van der Waals surface area contributed by atoms with Gasteiger partial charge in [-0.3, -0.25) is 0 Å². The van der Waals surface area contributed by atoms with Crippen LogP contribution in [0.5, 0.6) is 0 Å². The van der Waals surface area contributed by atoms with Crippen LogP contribution >= 0.6 is 0 Å². The minimum absolute atomic E-state index is 0.102. The average Bonchev–Trinajstić information content (AvgIpc) is 2.47. The van der Waals surface area contributed by atoms with Crippen molar-refractivity contribution in [2.24, 2.45) is 0 Å². The Labute approximate surface area is 115 Å². The Morgan fingerprint density at radius 2 is 1.47 bits per heavy atom. The van der Waals surface area contributed by atoms with Gasteiger partial charge in [0.05, 0.1) is 13.2 Å². The summed E-state index contributed by atoms with van der Waals surface area (Å²) in [6, 6.07) is 9.79. The highest BCUT2D eigenvalue weighted by Crippen LogP contribution is 2.31. The number of ether oxygens (including phenoxy) is 2. The number of hydrogen-bond donors (Lipinski definition) is 2. The molecule has 0 aromatic heterocycles. The molecule has 2 N–H and O–H groups in total. The second-order valence-corrected chi connectivity index (χ2v) is 4.32. The highest BCUT2D eigenvalue weighted by molar-refractivity contribution is 5.20. The Balaban J connectivity index is 2.79. The Bertz CT molecular complexity index is 316. The molecule has 0 heterocycles. The van der Waals surface area contributed by atoms with Crippen molar-refractivity contribution < 1.29 is 19.7 Å². The summed E-state index contributed by atoms with van der Waals surface area (Å²) >= 11 is 0. The molecule has 0 aliphatic carbocycles. The van der Waals surface area contributed by atoms with Crippen molar-refractivity contribution in [1.29, 1.82) is 0 Å². The van der Waals surface area contributed by atoms with Crippen molar-refractivity contribution in [3.05, 3.63) is 35.9 Å². The maximum atomic E-state index is 8.87. The Morgan fingerprint density at radius 3 is 1.89 bits per heavy atom. The van der Waals surface area contributed by atoms with Crippen molar-refractivity contribution in [1.82, 2.24) is 0 Å². The summed E-state index contributed by atoms with van der Waals surface area (Å²) in [5.74, 6) is -0.786. The molecule has 4 heteroatoms. The van der Waals surface area contributed by atoms with Gasteiger partial charge in [0, 0.05) is 25.2 Å². The largest absolute Gasteiger partial charge is 0.396 e. The second-order valence-electron chi connectivity index (χ2n) is 4.32. The molecule has 0 saturated heterocycles. The van der Waals surface area contributed by atoms with Gasteiger partial charge in [-0.1, -0.05) is 37.3 Å². The van der Waals surface area contributed by atoms with Gasteiger partial charge in [-0.15, -0.1) is 0 Å². The molecule has 0 spiro atoms. The van der Waals surface area contributed by atoms with E-state index in [1.807, 2.05) is 37.3 Å². The summed E-state index contributed by atoms with van der Waals surface area (Å²) < 4.78 is 11.8. The molecule has 0 aliphatic rings. The zero-order valence-corrected chi connectivity index (χ0v) is 11.5. The zero-order valence-electron chi connectivity index (χ0n) is 11.5. The van der Waals surface area contributed by atoms with E-state index in [9.17, 15) is 0 Å². The van der Waals surface area contributed by atoms with Crippen LogP contribution in [0.1, 0.15) is 31.7 Å². The fourth-order valence-electron chi connectivity index (χ4n) is 1.91. The number of benzene rings is 1. The summed E-state index contributed by atoms with van der Waals surface area (Å²) in [6.07, 6.45) is 1.84. The van der Waals surface area contributed by atoms with Crippen molar-refractivity contribution in [2.75, 3.05) is 26.4 Å². The van der Waals surface area contributed by atoms with Crippen molar-refractivity contribution in [3.8, 4) is 0 Å². The van der Waals surface area contributed by atoms with Gasteiger partial charge >= 0.3 is 0 Å². The molecule has 108 valence electrons. The highest BCUT2D eigenvalue weighted by Gasteiger charge is 2.32. The molecule has 1 rings (SSSR count). The quantitative estimate of drug-likeness (QED) is 0.503. The van der Waals surface area contributed by atoms with E-state index >= 15 is 0 Å². The van der Waals surface area contributed by atoms with Gasteiger partial charge < -0.3 is 19.7 Å². The summed E-state index contributed by atoms with van der Waals surface area (Å²) in [6.45, 7) is 3.10. The normalized spacial score (nSPS) is 11.7. The van der Waals surface area contributed by atoms with Crippen LogP contribution < -0.4 is 0 Å². The molecule has 0 unspecified atom stereocenters. The third-order valence-corrected chi connectivity index (χ3v) is 2.95. The SMILES string of the molecule is CCC(OCCCO)(OCCCO)c1ccccc1. The maximum absolute atomic E-state index is 8.87. The van der Waals surface area contributed by atoms with Crippen LogP contribution in [0.4, 0.5) is 0 Å². The molecule has 0 fully saturated rings. The molecule has 0 aliphatic heterocycles. The average molecular weight is 268 g/mol. The second kappa shape index (κ2) is 9.04. The van der Waals surface area contributed by atoms with E-state index in [1.54, 1.807) is 0 Å². The van der Waals surface area contributed by atoms with Crippen LogP contribution in [0.2, 0.25) is 0 Å². The van der Waals surface area contributed by atoms with Crippen LogP contribution in [0.15, 0.2) is 30.3 Å². The van der Waals surface area contributed by atoms with Crippen LogP contribution in [-0.2, 0) is 15.3 Å². The first kappa shape index (κ1) is 16.1. The summed E-state index contributed by atoms with van der Waals surface area (Å²) in [5.41, 5.74) is 0.966. The monoisotopic (exact) mass is 268 g/mol. The first-order valence-electron chi connectivity index (χ1n) is 6.84. The lowest BCUT2D eigenvalue weighted by molar-refractivity contribution is -0.250. The van der Waals surface area contributed by atoms with Gasteiger partial charge in [-0.05, 0) is 12.8 Å². The Morgan fingerprint density at radius 1 is 0.947 bits per heavy atom. The van der Waals surface area contributed by atoms with Crippen molar-refractivity contribution in [2.45, 2.75) is 32.0 Å². The molecule has 0 radical (unpaired) electrons. The molecular weight excluding hydrogens is 244 g/mol. The van der Waals surface area contributed by atoms with E-state index in [0.29, 0.717) is 32.5 Å². The molecule has 1 aromatic rings. The highest BCUT2D eigenvalue weighted by atomic mass is 16.7. The van der Waals surface area contributed by atoms with E-state index in [-0.39, 0.29) is 13.2 Å². The predicted molar refractivity (Wildman–Crippen MR) is 73.7 cm³/mol. The van der Waals surface area contributed by atoms with Crippen LogP contribution in [0.3, 0.4) is 0 Å². The number of hydrogen-bond acceptors (Lipinski definition) is 4. The topological polar surface area (TPSA) is 58.9 Å². The third kappa shape index (κ3) is 4.91. The standard InChI is InChI=1S/C15H24O4/c1-2-15(18-12-6-10-16,19-13-7-11-17)14-8-4-3-5-9-14/h3-5,8-9,16-17H,2,6-7,10-13H2,1H3. The van der Waals surface area contributed by atoms with Gasteiger partial charge in [0.2, 0.25) is 0 Å². The van der Waals surface area contributed by atoms with Crippen LogP contribution in [0, 0.1) is 0 Å².